The Morgan fingerprint density at radius 3 is 2.35 bits per heavy atom. The zero-order valence-electron chi connectivity index (χ0n) is 18.7. The summed E-state index contributed by atoms with van der Waals surface area (Å²) in [7, 11) is 0. The summed E-state index contributed by atoms with van der Waals surface area (Å²) in [5, 5.41) is 24.9. The molecule has 2 aliphatic heterocycles. The lowest BCUT2D eigenvalue weighted by atomic mass is 9.96. The lowest BCUT2D eigenvalue weighted by molar-refractivity contribution is -0.192. The van der Waals surface area contributed by atoms with Gasteiger partial charge in [-0.3, -0.25) is 19.8 Å². The Morgan fingerprint density at radius 2 is 1.86 bits per heavy atom. The van der Waals surface area contributed by atoms with Gasteiger partial charge in [0, 0.05) is 10.1 Å². The second kappa shape index (κ2) is 11.2. The first-order valence-corrected chi connectivity index (χ1v) is 11.6. The van der Waals surface area contributed by atoms with E-state index < -0.39 is 64.2 Å². The quantitative estimate of drug-likeness (QED) is 0.0703. The molecule has 2 aliphatic rings. The first-order valence-electron chi connectivity index (χ1n) is 9.81. The number of carboxylic acid groups (broad SMARTS) is 2. The highest BCUT2D eigenvalue weighted by molar-refractivity contribution is 8.01. The van der Waals surface area contributed by atoms with Crippen molar-refractivity contribution in [3.63, 3.8) is 0 Å². The standard InChI is InChI=1S/C15H19N7O6S2.C2HF3O2/c1-15(2)8(12(26)27)22-10(25)7(11(22)30-15)19-9(24)6(20-13(28)21-16)5-3-29-14(18-5)17-4-23;3-2(4,5)1(6)7/h3-4,6-8,11H,16H2,1-2H3,(H,19,24)(H,26,27)(H,17,18,23)(H2,20,21,28);(H,6,7)/t6?,7?,8-,11+;/m0./s1. The molecule has 3 rings (SSSR count). The lowest BCUT2D eigenvalue weighted by Crippen LogP contribution is -2.71. The number of rotatable bonds is 7. The highest BCUT2D eigenvalue weighted by atomic mass is 32.2. The second-order valence-electron chi connectivity index (χ2n) is 7.78. The minimum absolute atomic E-state index is 0.122. The van der Waals surface area contributed by atoms with Crippen LogP contribution in [0.25, 0.3) is 0 Å². The van der Waals surface area contributed by atoms with E-state index in [9.17, 15) is 42.3 Å². The summed E-state index contributed by atoms with van der Waals surface area (Å²) in [6.45, 7) is 3.43. The molecule has 0 bridgehead atoms. The van der Waals surface area contributed by atoms with Crippen LogP contribution < -0.4 is 27.2 Å². The van der Waals surface area contributed by atoms with Crippen LogP contribution in [0.5, 0.6) is 0 Å². The molecule has 0 aromatic carbocycles. The highest BCUT2D eigenvalue weighted by Gasteiger charge is 2.64. The van der Waals surface area contributed by atoms with Gasteiger partial charge in [-0.15, -0.1) is 23.1 Å². The molecular weight excluding hydrogens is 551 g/mol. The van der Waals surface area contributed by atoms with E-state index in [4.69, 9.17) is 15.7 Å². The number of hydrazine groups is 1. The average molecular weight is 572 g/mol. The van der Waals surface area contributed by atoms with Crippen LogP contribution in [-0.2, 0) is 24.0 Å². The van der Waals surface area contributed by atoms with E-state index in [1.807, 2.05) is 5.43 Å². The number of urea groups is 1. The third-order valence-electron chi connectivity index (χ3n) is 4.88. The summed E-state index contributed by atoms with van der Waals surface area (Å²) in [4.78, 5) is 73.4. The molecule has 204 valence electrons. The number of hydrogen-bond donors (Lipinski definition) is 7. The van der Waals surface area contributed by atoms with Crippen molar-refractivity contribution in [2.24, 2.45) is 5.84 Å². The Labute approximate surface area is 213 Å². The van der Waals surface area contributed by atoms with E-state index in [-0.39, 0.29) is 10.8 Å². The van der Waals surface area contributed by atoms with Gasteiger partial charge in [0.1, 0.15) is 17.5 Å². The van der Waals surface area contributed by atoms with Crippen LogP contribution in [0.2, 0.25) is 0 Å². The maximum atomic E-state index is 12.9. The van der Waals surface area contributed by atoms with Crippen molar-refractivity contribution >= 4 is 64.4 Å². The third-order valence-corrected chi connectivity index (χ3v) is 7.25. The van der Waals surface area contributed by atoms with Crippen LogP contribution >= 0.6 is 23.1 Å². The van der Waals surface area contributed by atoms with E-state index in [1.165, 1.54) is 22.0 Å². The van der Waals surface area contributed by atoms with Gasteiger partial charge >= 0.3 is 24.1 Å². The van der Waals surface area contributed by atoms with Crippen molar-refractivity contribution in [3.8, 4) is 0 Å². The summed E-state index contributed by atoms with van der Waals surface area (Å²) in [6.07, 6.45) is -4.67. The summed E-state index contributed by atoms with van der Waals surface area (Å²) in [5.41, 5.74) is 1.96. The number of anilines is 1. The summed E-state index contributed by atoms with van der Waals surface area (Å²) >= 11 is 2.30. The Morgan fingerprint density at radius 1 is 1.27 bits per heavy atom. The lowest BCUT2D eigenvalue weighted by Gasteiger charge is -2.43. The molecule has 37 heavy (non-hydrogen) atoms. The monoisotopic (exact) mass is 571 g/mol. The molecule has 0 saturated carbocycles. The van der Waals surface area contributed by atoms with Crippen molar-refractivity contribution in [1.82, 2.24) is 25.9 Å². The largest absolute Gasteiger partial charge is 0.490 e. The maximum Gasteiger partial charge on any atom is 0.490 e. The van der Waals surface area contributed by atoms with Crippen LogP contribution in [-0.4, -0.2) is 84.7 Å². The zero-order chi connectivity index (χ0) is 28.3. The molecule has 15 nitrogen and oxygen atoms in total. The van der Waals surface area contributed by atoms with Crippen molar-refractivity contribution in [2.45, 2.75) is 48.3 Å². The van der Waals surface area contributed by atoms with Gasteiger partial charge in [-0.1, -0.05) is 0 Å². The SMILES string of the molecule is CC1(C)S[C@@H]2C(NC(=O)C(NC(=O)NN)c3csc(NC=O)n3)C(=O)N2[C@H]1C(=O)O.O=C(O)C(F)(F)F. The van der Waals surface area contributed by atoms with E-state index in [0.29, 0.717) is 6.41 Å². The number of carbonyl (C=O) groups is 6. The van der Waals surface area contributed by atoms with Crippen LogP contribution in [0.15, 0.2) is 5.38 Å². The van der Waals surface area contributed by atoms with Crippen LogP contribution in [0.3, 0.4) is 0 Å². The number of thiazole rings is 1. The van der Waals surface area contributed by atoms with Gasteiger partial charge in [-0.2, -0.15) is 13.2 Å². The molecule has 0 radical (unpaired) electrons. The Hall–Kier alpha value is -3.65. The summed E-state index contributed by atoms with van der Waals surface area (Å²) in [6, 6.07) is -4.14. The number of nitrogens with one attached hydrogen (secondary N) is 4. The minimum atomic E-state index is -5.08. The molecule has 2 saturated heterocycles. The molecule has 8 N–H and O–H groups in total. The number of aromatic nitrogens is 1. The van der Waals surface area contributed by atoms with E-state index >= 15 is 0 Å². The molecule has 4 atom stereocenters. The van der Waals surface area contributed by atoms with Crippen LogP contribution in [0.1, 0.15) is 25.6 Å². The van der Waals surface area contributed by atoms with Crippen LogP contribution in [0, 0.1) is 0 Å². The third kappa shape index (κ3) is 6.57. The van der Waals surface area contributed by atoms with Crippen LogP contribution in [0.4, 0.5) is 23.1 Å². The minimum Gasteiger partial charge on any atom is -0.480 e. The number of nitrogens with zero attached hydrogens (tertiary/aromatic N) is 2. The molecule has 3 heterocycles. The number of aliphatic carboxylic acids is 2. The zero-order valence-corrected chi connectivity index (χ0v) is 20.4. The summed E-state index contributed by atoms with van der Waals surface area (Å²) in [5.74, 6) is -0.0763. The van der Waals surface area contributed by atoms with Crippen molar-refractivity contribution < 1.29 is 52.2 Å². The topological polar surface area (TPSA) is 233 Å². The molecule has 2 fully saturated rings. The summed E-state index contributed by atoms with van der Waals surface area (Å²) < 4.78 is 31.0. The predicted octanol–water partition coefficient (Wildman–Crippen LogP) is -0.810. The molecule has 20 heteroatoms. The molecule has 0 spiro atoms. The first-order chi connectivity index (χ1) is 17.0. The molecule has 0 aliphatic carbocycles. The van der Waals surface area contributed by atoms with E-state index in [0.717, 1.165) is 11.3 Å². The van der Waals surface area contributed by atoms with Gasteiger partial charge in [0.25, 0.3) is 0 Å². The molecule has 2 unspecified atom stereocenters. The van der Waals surface area contributed by atoms with Crippen molar-refractivity contribution in [3.05, 3.63) is 11.1 Å². The number of nitrogens with two attached hydrogens (primary N) is 1. The van der Waals surface area contributed by atoms with Gasteiger partial charge in [0.15, 0.2) is 11.2 Å². The molecular formula is C17H20F3N7O8S2. The van der Waals surface area contributed by atoms with Gasteiger partial charge in [0.2, 0.25) is 18.2 Å². The number of halogens is 3. The van der Waals surface area contributed by atoms with E-state index in [1.54, 1.807) is 13.8 Å². The number of β-lactam (4-membered cyclic amide) rings is 1. The normalized spacial score (nSPS) is 22.3. The smallest absolute Gasteiger partial charge is 0.480 e. The Balaban J connectivity index is 0.000000604. The van der Waals surface area contributed by atoms with E-state index in [2.05, 4.69) is 20.9 Å². The van der Waals surface area contributed by atoms with Gasteiger partial charge in [-0.25, -0.2) is 25.2 Å². The van der Waals surface area contributed by atoms with Crippen molar-refractivity contribution in [1.29, 1.82) is 0 Å². The second-order valence-corrected chi connectivity index (χ2v) is 10.4. The maximum absolute atomic E-state index is 12.9. The fourth-order valence-corrected chi connectivity index (χ4v) is 5.68. The number of hydrogen-bond acceptors (Lipinski definition) is 10. The molecule has 1 aromatic rings. The van der Waals surface area contributed by atoms with Gasteiger partial charge in [0.05, 0.1) is 5.69 Å². The number of thioether (sulfide) groups is 1. The first kappa shape index (κ1) is 29.6. The Bertz CT molecular complexity index is 1100. The number of alkyl halides is 3. The Kier molecular flexibility index (Phi) is 8.93. The number of amides is 5. The average Bonchev–Trinajstić information content (AvgIpc) is 3.35. The van der Waals surface area contributed by atoms with Crippen molar-refractivity contribution in [2.75, 3.05) is 5.32 Å². The highest BCUT2D eigenvalue weighted by Crippen LogP contribution is 2.50. The fraction of sp³-hybridized carbons (Fsp3) is 0.471. The predicted molar refractivity (Wildman–Crippen MR) is 120 cm³/mol. The number of carbonyl (C=O) groups excluding carboxylic acids is 4. The molecule has 1 aromatic heterocycles. The van der Waals surface area contributed by atoms with Gasteiger partial charge < -0.3 is 31.1 Å². The van der Waals surface area contributed by atoms with Gasteiger partial charge in [-0.05, 0) is 13.8 Å². The molecule has 5 amide bonds. The number of fused-ring (bicyclic) bond motifs is 1. The number of carboxylic acids is 2. The fourth-order valence-electron chi connectivity index (χ4n) is 3.36.